The summed E-state index contributed by atoms with van der Waals surface area (Å²) in [6, 6.07) is 5.54. The zero-order valence-electron chi connectivity index (χ0n) is 15.0. The molecule has 3 aromatic rings. The van der Waals surface area contributed by atoms with Crippen molar-refractivity contribution in [3.8, 4) is 11.5 Å². The predicted molar refractivity (Wildman–Crippen MR) is 98.5 cm³/mol. The van der Waals surface area contributed by atoms with Gasteiger partial charge in [-0.3, -0.25) is 0 Å². The van der Waals surface area contributed by atoms with Crippen LogP contribution in [0.1, 0.15) is 31.2 Å². The number of aryl methyl sites for hydroxylation is 2. The third-order valence-electron chi connectivity index (χ3n) is 4.94. The quantitative estimate of drug-likeness (QED) is 0.777. The van der Waals surface area contributed by atoms with Crippen LogP contribution in [0, 0.1) is 12.7 Å². The van der Waals surface area contributed by atoms with E-state index in [0.717, 1.165) is 42.7 Å². The van der Waals surface area contributed by atoms with Gasteiger partial charge < -0.3 is 15.2 Å². The summed E-state index contributed by atoms with van der Waals surface area (Å²) < 4.78 is 19.7. The lowest BCUT2D eigenvalue weighted by molar-refractivity contribution is 0.425. The summed E-state index contributed by atoms with van der Waals surface area (Å²) >= 11 is 0. The van der Waals surface area contributed by atoms with Gasteiger partial charge in [0.05, 0.1) is 11.1 Å². The molecule has 1 aliphatic rings. The van der Waals surface area contributed by atoms with E-state index >= 15 is 0 Å². The lowest BCUT2D eigenvalue weighted by Gasteiger charge is -2.32. The van der Waals surface area contributed by atoms with Gasteiger partial charge in [-0.15, -0.1) is 0 Å². The maximum absolute atomic E-state index is 14.3. The van der Waals surface area contributed by atoms with Crippen LogP contribution >= 0.6 is 0 Å². The molecule has 4 rings (SSSR count). The molecule has 136 valence electrons. The Morgan fingerprint density at radius 1 is 1.23 bits per heavy atom. The molecule has 1 aliphatic heterocycles. The maximum atomic E-state index is 14.3. The molecule has 2 aromatic heterocycles. The third-order valence-corrected chi connectivity index (χ3v) is 4.94. The van der Waals surface area contributed by atoms with E-state index in [1.165, 1.54) is 6.07 Å². The molecule has 0 unspecified atom stereocenters. The molecule has 0 aliphatic carbocycles. The number of halogens is 1. The molecular formula is C19H22FN5O. The minimum atomic E-state index is -0.222. The minimum Gasteiger partial charge on any atom is -0.356 e. The van der Waals surface area contributed by atoms with Gasteiger partial charge in [-0.05, 0) is 43.9 Å². The number of anilines is 1. The average molecular weight is 355 g/mol. The minimum absolute atomic E-state index is 0.213. The van der Waals surface area contributed by atoms with E-state index in [9.17, 15) is 4.39 Å². The summed E-state index contributed by atoms with van der Waals surface area (Å²) in [5, 5.41) is 4.77. The molecule has 1 saturated heterocycles. The number of nitrogens with zero attached hydrogens (tertiary/aromatic N) is 4. The first-order chi connectivity index (χ1) is 12.5. The maximum Gasteiger partial charge on any atom is 0.261 e. The number of hydrogen-bond donors (Lipinski definition) is 1. The van der Waals surface area contributed by atoms with Crippen molar-refractivity contribution in [2.24, 2.45) is 5.73 Å². The van der Waals surface area contributed by atoms with Gasteiger partial charge in [-0.2, -0.15) is 4.98 Å². The topological polar surface area (TPSA) is 81.1 Å². The first-order valence-electron chi connectivity index (χ1n) is 8.99. The van der Waals surface area contributed by atoms with Gasteiger partial charge in [0.25, 0.3) is 5.89 Å². The van der Waals surface area contributed by atoms with Gasteiger partial charge in [-0.1, -0.05) is 12.1 Å². The van der Waals surface area contributed by atoms with Crippen molar-refractivity contribution in [1.82, 2.24) is 15.1 Å². The second-order valence-electron chi connectivity index (χ2n) is 6.82. The summed E-state index contributed by atoms with van der Waals surface area (Å²) in [6.45, 7) is 5.32. The van der Waals surface area contributed by atoms with E-state index in [4.69, 9.17) is 15.2 Å². The monoisotopic (exact) mass is 355 g/mol. The summed E-state index contributed by atoms with van der Waals surface area (Å²) in [7, 11) is 0. The highest BCUT2D eigenvalue weighted by molar-refractivity contribution is 5.88. The van der Waals surface area contributed by atoms with Crippen molar-refractivity contribution >= 4 is 16.7 Å². The van der Waals surface area contributed by atoms with Crippen LogP contribution in [0.5, 0.6) is 0 Å². The Morgan fingerprint density at radius 3 is 2.65 bits per heavy atom. The van der Waals surface area contributed by atoms with E-state index in [-0.39, 0.29) is 11.9 Å². The highest BCUT2D eigenvalue weighted by Gasteiger charge is 2.24. The third kappa shape index (κ3) is 3.03. The molecule has 0 atom stereocenters. The van der Waals surface area contributed by atoms with Gasteiger partial charge in [-0.25, -0.2) is 9.37 Å². The summed E-state index contributed by atoms with van der Waals surface area (Å²) in [5.41, 5.74) is 8.11. The number of fused-ring (bicyclic) bond motifs is 1. The Kier molecular flexibility index (Phi) is 4.32. The van der Waals surface area contributed by atoms with E-state index in [1.807, 2.05) is 19.1 Å². The van der Waals surface area contributed by atoms with Crippen LogP contribution in [0.3, 0.4) is 0 Å². The highest BCUT2D eigenvalue weighted by Crippen LogP contribution is 2.33. The Balaban J connectivity index is 1.89. The molecule has 26 heavy (non-hydrogen) atoms. The Hall–Kier alpha value is -2.54. The molecule has 1 fully saturated rings. The van der Waals surface area contributed by atoms with E-state index in [0.29, 0.717) is 29.2 Å². The molecule has 0 saturated carbocycles. The van der Waals surface area contributed by atoms with Crippen molar-refractivity contribution in [3.63, 3.8) is 0 Å². The van der Waals surface area contributed by atoms with Crippen LogP contribution in [-0.2, 0) is 6.42 Å². The molecule has 1 aromatic carbocycles. The van der Waals surface area contributed by atoms with Crippen LogP contribution in [0.4, 0.5) is 10.2 Å². The first kappa shape index (κ1) is 16.9. The molecule has 2 N–H and O–H groups in total. The molecular weight excluding hydrogens is 333 g/mol. The van der Waals surface area contributed by atoms with E-state index in [2.05, 4.69) is 15.0 Å². The van der Waals surface area contributed by atoms with Crippen molar-refractivity contribution in [2.75, 3.05) is 18.0 Å². The van der Waals surface area contributed by atoms with Crippen LogP contribution in [0.2, 0.25) is 0 Å². The fourth-order valence-corrected chi connectivity index (χ4v) is 3.42. The van der Waals surface area contributed by atoms with Gasteiger partial charge >= 0.3 is 0 Å². The SMILES string of the molecule is CCc1cc2cc(-c3nc(C)no3)c(N3CCC(N)CC3)nc2cc1F. The number of nitrogens with two attached hydrogens (primary N) is 1. The Morgan fingerprint density at radius 2 is 2.00 bits per heavy atom. The molecule has 0 bridgehead atoms. The van der Waals surface area contributed by atoms with Gasteiger partial charge in [0.1, 0.15) is 11.6 Å². The molecule has 0 radical (unpaired) electrons. The Bertz CT molecular complexity index is 946. The second kappa shape index (κ2) is 6.64. The zero-order valence-corrected chi connectivity index (χ0v) is 15.0. The summed E-state index contributed by atoms with van der Waals surface area (Å²) in [6.07, 6.45) is 2.42. The number of benzene rings is 1. The van der Waals surface area contributed by atoms with Gasteiger partial charge in [0, 0.05) is 30.6 Å². The lowest BCUT2D eigenvalue weighted by Crippen LogP contribution is -2.40. The van der Waals surface area contributed by atoms with E-state index < -0.39 is 0 Å². The fourth-order valence-electron chi connectivity index (χ4n) is 3.42. The normalized spacial score (nSPS) is 15.8. The molecule has 6 nitrogen and oxygen atoms in total. The highest BCUT2D eigenvalue weighted by atomic mass is 19.1. The number of piperidine rings is 1. The number of rotatable bonds is 3. The molecule has 3 heterocycles. The van der Waals surface area contributed by atoms with Crippen molar-refractivity contribution in [1.29, 1.82) is 0 Å². The first-order valence-corrected chi connectivity index (χ1v) is 8.99. The zero-order chi connectivity index (χ0) is 18.3. The largest absolute Gasteiger partial charge is 0.356 e. The van der Waals surface area contributed by atoms with Crippen LogP contribution in [0.15, 0.2) is 22.7 Å². The van der Waals surface area contributed by atoms with Gasteiger partial charge in [0.15, 0.2) is 5.82 Å². The molecule has 7 heteroatoms. The van der Waals surface area contributed by atoms with Crippen LogP contribution in [0.25, 0.3) is 22.4 Å². The molecule has 0 amide bonds. The predicted octanol–water partition coefficient (Wildman–Crippen LogP) is 3.22. The van der Waals surface area contributed by atoms with Gasteiger partial charge in [0.2, 0.25) is 0 Å². The fraction of sp³-hybridized carbons (Fsp3) is 0.421. The second-order valence-corrected chi connectivity index (χ2v) is 6.82. The number of aromatic nitrogens is 3. The van der Waals surface area contributed by atoms with Crippen molar-refractivity contribution in [3.05, 3.63) is 35.4 Å². The van der Waals surface area contributed by atoms with Crippen molar-refractivity contribution < 1.29 is 8.91 Å². The summed E-state index contributed by atoms with van der Waals surface area (Å²) in [5.74, 6) is 1.53. The number of hydrogen-bond acceptors (Lipinski definition) is 6. The Labute approximate surface area is 151 Å². The molecule has 0 spiro atoms. The van der Waals surface area contributed by atoms with Crippen molar-refractivity contribution in [2.45, 2.75) is 39.2 Å². The average Bonchev–Trinajstić information content (AvgIpc) is 3.07. The lowest BCUT2D eigenvalue weighted by atomic mass is 10.0. The number of pyridine rings is 1. The summed E-state index contributed by atoms with van der Waals surface area (Å²) in [4.78, 5) is 11.3. The standard InChI is InChI=1S/C19H22FN5O/c1-3-12-8-13-9-15(19-22-11(2)24-26-19)18(23-17(13)10-16(12)20)25-6-4-14(21)5-7-25/h8-10,14H,3-7,21H2,1-2H3. The smallest absolute Gasteiger partial charge is 0.261 e. The van der Waals surface area contributed by atoms with Crippen LogP contribution < -0.4 is 10.6 Å². The van der Waals surface area contributed by atoms with E-state index in [1.54, 1.807) is 6.92 Å². The van der Waals surface area contributed by atoms with Crippen LogP contribution in [-0.4, -0.2) is 34.3 Å².